The van der Waals surface area contributed by atoms with Crippen LogP contribution in [0.1, 0.15) is 80.4 Å². The molecule has 23 heavy (non-hydrogen) atoms. The number of unbranched alkanes of at least 4 members (excludes halogenated alkanes) is 1. The largest absolute Gasteiger partial charge is 0.480 e. The second kappa shape index (κ2) is 8.13. The smallest absolute Gasteiger partial charge is 0.326 e. The first-order chi connectivity index (χ1) is 11.0. The van der Waals surface area contributed by atoms with Crippen LogP contribution in [0.15, 0.2) is 6.20 Å². The van der Waals surface area contributed by atoms with E-state index in [0.717, 1.165) is 31.4 Å². The molecule has 1 heterocycles. The van der Waals surface area contributed by atoms with Crippen molar-refractivity contribution in [1.82, 2.24) is 15.1 Å². The highest BCUT2D eigenvalue weighted by atomic mass is 16.4. The highest BCUT2D eigenvalue weighted by Crippen LogP contribution is 2.29. The number of carboxylic acid groups (broad SMARTS) is 1. The minimum atomic E-state index is -0.982. The molecule has 1 aromatic heterocycles. The molecule has 0 aliphatic heterocycles. The van der Waals surface area contributed by atoms with Gasteiger partial charge in [0.25, 0.3) is 5.91 Å². The van der Waals surface area contributed by atoms with Gasteiger partial charge >= 0.3 is 5.97 Å². The zero-order valence-electron chi connectivity index (χ0n) is 14.0. The number of nitrogens with one attached hydrogen (secondary N) is 1. The Kier molecular flexibility index (Phi) is 6.19. The zero-order valence-corrected chi connectivity index (χ0v) is 14.0. The van der Waals surface area contributed by atoms with Gasteiger partial charge in [-0.25, -0.2) is 4.79 Å². The number of hydrogen-bond donors (Lipinski definition) is 2. The highest BCUT2D eigenvalue weighted by Gasteiger charge is 2.24. The van der Waals surface area contributed by atoms with Crippen LogP contribution in [0.25, 0.3) is 0 Å². The van der Waals surface area contributed by atoms with Gasteiger partial charge in [-0.2, -0.15) is 5.10 Å². The summed E-state index contributed by atoms with van der Waals surface area (Å²) in [5, 5.41) is 16.3. The molecule has 128 valence electrons. The second-order valence-electron chi connectivity index (χ2n) is 6.39. The molecule has 0 radical (unpaired) electrons. The summed E-state index contributed by atoms with van der Waals surface area (Å²) in [6, 6.07) is -0.472. The number of carboxylic acids is 1. The molecule has 1 aliphatic rings. The summed E-state index contributed by atoms with van der Waals surface area (Å²) in [5.74, 6) is -1.32. The molecule has 1 atom stereocenters. The fraction of sp³-hybridized carbons (Fsp3) is 0.706. The van der Waals surface area contributed by atoms with Gasteiger partial charge in [-0.1, -0.05) is 39.0 Å². The number of nitrogens with zero attached hydrogens (tertiary/aromatic N) is 2. The Labute approximate surface area is 137 Å². The monoisotopic (exact) mass is 321 g/mol. The molecule has 6 heteroatoms. The van der Waals surface area contributed by atoms with Crippen LogP contribution in [0.5, 0.6) is 0 Å². The summed E-state index contributed by atoms with van der Waals surface area (Å²) in [7, 11) is 0. The highest BCUT2D eigenvalue weighted by molar-refractivity contribution is 5.97. The summed E-state index contributed by atoms with van der Waals surface area (Å²) in [6.07, 6.45) is 9.55. The summed E-state index contributed by atoms with van der Waals surface area (Å²) in [5.41, 5.74) is 1.31. The number of aliphatic carboxylic acids is 1. The second-order valence-corrected chi connectivity index (χ2v) is 6.39. The minimum Gasteiger partial charge on any atom is -0.480 e. The van der Waals surface area contributed by atoms with Gasteiger partial charge in [0.05, 0.1) is 17.8 Å². The summed E-state index contributed by atoms with van der Waals surface area (Å²) >= 11 is 0. The van der Waals surface area contributed by atoms with Gasteiger partial charge in [-0.05, 0) is 26.2 Å². The lowest BCUT2D eigenvalue weighted by Gasteiger charge is -2.23. The Hall–Kier alpha value is -1.85. The average molecular weight is 321 g/mol. The molecule has 2 rings (SSSR count). The Balaban J connectivity index is 2.07. The standard InChI is InChI=1S/C17H27N3O3/c1-3-4-10-15(17(22)23)19-16(21)14-11-18-20(12(14)2)13-8-6-5-7-9-13/h11,13,15H,3-10H2,1-2H3,(H,19,21)(H,22,23)/t15-/m0/s1. The molecular weight excluding hydrogens is 294 g/mol. The Morgan fingerprint density at radius 2 is 2.09 bits per heavy atom. The lowest BCUT2D eigenvalue weighted by molar-refractivity contribution is -0.139. The van der Waals surface area contributed by atoms with E-state index in [1.807, 2.05) is 18.5 Å². The van der Waals surface area contributed by atoms with E-state index in [2.05, 4.69) is 10.4 Å². The molecule has 0 saturated heterocycles. The quantitative estimate of drug-likeness (QED) is 0.808. The van der Waals surface area contributed by atoms with E-state index in [4.69, 9.17) is 0 Å². The predicted octanol–water partition coefficient (Wildman–Crippen LogP) is 3.07. The number of aromatic nitrogens is 2. The molecule has 0 aromatic carbocycles. The SMILES string of the molecule is CCCC[C@H](NC(=O)c1cnn(C2CCCCC2)c1C)C(=O)O. The van der Waals surface area contributed by atoms with Gasteiger partial charge in [-0.15, -0.1) is 0 Å². The first-order valence-corrected chi connectivity index (χ1v) is 8.62. The van der Waals surface area contributed by atoms with E-state index in [-0.39, 0.29) is 5.91 Å². The molecule has 2 N–H and O–H groups in total. The molecular formula is C17H27N3O3. The third-order valence-electron chi connectivity index (χ3n) is 4.66. The van der Waals surface area contributed by atoms with Crippen LogP contribution in [0.2, 0.25) is 0 Å². The Morgan fingerprint density at radius 3 is 2.70 bits per heavy atom. The first kappa shape index (κ1) is 17.5. The lowest BCUT2D eigenvalue weighted by atomic mass is 9.95. The molecule has 1 aromatic rings. The lowest BCUT2D eigenvalue weighted by Crippen LogP contribution is -2.40. The third-order valence-corrected chi connectivity index (χ3v) is 4.66. The molecule has 1 aliphatic carbocycles. The predicted molar refractivity (Wildman–Crippen MR) is 87.5 cm³/mol. The van der Waals surface area contributed by atoms with Crippen LogP contribution in [0.4, 0.5) is 0 Å². The van der Waals surface area contributed by atoms with Crippen LogP contribution >= 0.6 is 0 Å². The van der Waals surface area contributed by atoms with Crippen molar-refractivity contribution in [2.24, 2.45) is 0 Å². The van der Waals surface area contributed by atoms with Gasteiger partial charge in [0, 0.05) is 5.69 Å². The Morgan fingerprint density at radius 1 is 1.39 bits per heavy atom. The van der Waals surface area contributed by atoms with E-state index < -0.39 is 12.0 Å². The number of amides is 1. The fourth-order valence-corrected chi connectivity index (χ4v) is 3.24. The topological polar surface area (TPSA) is 84.2 Å². The van der Waals surface area contributed by atoms with Gasteiger partial charge in [0.15, 0.2) is 0 Å². The molecule has 6 nitrogen and oxygen atoms in total. The zero-order chi connectivity index (χ0) is 16.8. The fourth-order valence-electron chi connectivity index (χ4n) is 3.24. The van der Waals surface area contributed by atoms with Crippen LogP contribution < -0.4 is 5.32 Å². The van der Waals surface area contributed by atoms with Crippen molar-refractivity contribution in [3.63, 3.8) is 0 Å². The molecule has 0 bridgehead atoms. The van der Waals surface area contributed by atoms with Gasteiger partial charge in [0.1, 0.15) is 6.04 Å². The van der Waals surface area contributed by atoms with Crippen LogP contribution in [0, 0.1) is 6.92 Å². The van der Waals surface area contributed by atoms with Crippen molar-refractivity contribution >= 4 is 11.9 Å². The maximum atomic E-state index is 12.4. The van der Waals surface area contributed by atoms with Gasteiger partial charge in [0.2, 0.25) is 0 Å². The van der Waals surface area contributed by atoms with Crippen molar-refractivity contribution in [1.29, 1.82) is 0 Å². The first-order valence-electron chi connectivity index (χ1n) is 8.62. The van der Waals surface area contributed by atoms with Crippen molar-refractivity contribution in [3.8, 4) is 0 Å². The van der Waals surface area contributed by atoms with E-state index in [1.165, 1.54) is 19.3 Å². The molecule has 1 fully saturated rings. The number of hydrogen-bond acceptors (Lipinski definition) is 3. The summed E-state index contributed by atoms with van der Waals surface area (Å²) in [6.45, 7) is 3.89. The summed E-state index contributed by atoms with van der Waals surface area (Å²) < 4.78 is 1.94. The van der Waals surface area contributed by atoms with Crippen molar-refractivity contribution < 1.29 is 14.7 Å². The minimum absolute atomic E-state index is 0.340. The number of carbonyl (C=O) groups is 2. The van der Waals surface area contributed by atoms with Crippen molar-refractivity contribution in [2.45, 2.75) is 77.3 Å². The van der Waals surface area contributed by atoms with E-state index in [0.29, 0.717) is 18.0 Å². The molecule has 1 saturated carbocycles. The Bertz CT molecular complexity index is 547. The van der Waals surface area contributed by atoms with Crippen LogP contribution in [0.3, 0.4) is 0 Å². The van der Waals surface area contributed by atoms with Gasteiger partial charge in [-0.3, -0.25) is 9.48 Å². The maximum Gasteiger partial charge on any atom is 0.326 e. The maximum absolute atomic E-state index is 12.4. The van der Waals surface area contributed by atoms with Crippen LogP contribution in [-0.4, -0.2) is 32.8 Å². The van der Waals surface area contributed by atoms with E-state index in [1.54, 1.807) is 6.20 Å². The van der Waals surface area contributed by atoms with Gasteiger partial charge < -0.3 is 10.4 Å². The van der Waals surface area contributed by atoms with E-state index >= 15 is 0 Å². The summed E-state index contributed by atoms with van der Waals surface area (Å²) in [4.78, 5) is 23.7. The third kappa shape index (κ3) is 4.33. The average Bonchev–Trinajstić information content (AvgIpc) is 2.93. The number of carbonyl (C=O) groups excluding carboxylic acids is 1. The molecule has 0 spiro atoms. The van der Waals surface area contributed by atoms with Crippen molar-refractivity contribution in [3.05, 3.63) is 17.5 Å². The normalized spacial score (nSPS) is 17.0. The number of rotatable bonds is 7. The molecule has 1 amide bonds. The molecule has 0 unspecified atom stereocenters. The van der Waals surface area contributed by atoms with Crippen molar-refractivity contribution in [2.75, 3.05) is 0 Å². The van der Waals surface area contributed by atoms with Crippen LogP contribution in [-0.2, 0) is 4.79 Å². The van der Waals surface area contributed by atoms with E-state index in [9.17, 15) is 14.7 Å².